The molecule has 10 heteroatoms. The number of hydrogen-bond acceptors (Lipinski definition) is 7. The predicted molar refractivity (Wildman–Crippen MR) is 104 cm³/mol. The highest BCUT2D eigenvalue weighted by atomic mass is 32.3. The average Bonchev–Trinajstić information content (AvgIpc) is 2.65. The molecule has 0 amide bonds. The molecule has 2 aromatic heterocycles. The lowest BCUT2D eigenvalue weighted by Gasteiger charge is -2.07. The molecule has 9 nitrogen and oxygen atoms in total. The third kappa shape index (κ3) is 4.82. The van der Waals surface area contributed by atoms with E-state index in [1.165, 1.54) is 12.1 Å². The Morgan fingerprint density at radius 3 is 1.45 bits per heavy atom. The first-order valence-corrected chi connectivity index (χ1v) is 9.45. The molecule has 0 saturated carbocycles. The lowest BCUT2D eigenvalue weighted by atomic mass is 10.1. The number of rotatable bonds is 2. The van der Waals surface area contributed by atoms with E-state index in [4.69, 9.17) is 17.5 Å². The van der Waals surface area contributed by atoms with Crippen molar-refractivity contribution in [2.75, 3.05) is 0 Å². The van der Waals surface area contributed by atoms with Gasteiger partial charge in [0.05, 0.1) is 11.0 Å². The van der Waals surface area contributed by atoms with E-state index in [1.54, 1.807) is 36.4 Å². The zero-order chi connectivity index (χ0) is 21.2. The summed E-state index contributed by atoms with van der Waals surface area (Å²) < 4.78 is 31.6. The van der Waals surface area contributed by atoms with Crippen LogP contribution in [-0.4, -0.2) is 43.5 Å². The number of hydrogen-bond donors (Lipinski definition) is 4. The fourth-order valence-electron chi connectivity index (χ4n) is 2.66. The van der Waals surface area contributed by atoms with E-state index < -0.39 is 16.2 Å². The van der Waals surface area contributed by atoms with Gasteiger partial charge in [-0.25, -0.2) is 9.97 Å². The Morgan fingerprint density at radius 1 is 0.724 bits per heavy atom. The van der Waals surface area contributed by atoms with Crippen molar-refractivity contribution in [3.05, 3.63) is 72.1 Å². The van der Waals surface area contributed by atoms with Crippen molar-refractivity contribution in [2.24, 2.45) is 0 Å². The Morgan fingerprint density at radius 2 is 1.07 bits per heavy atom. The standard InChI is InChI=1S/C19H12N2O3.H2O4S/c22-15-9-11-5-1-3-7-13(11)20-17(15)19(24)18-16(23)10-12-6-2-4-8-14(12)21-18;1-5(2,3)4/h1-10,22-23H;(H2,1,2,3,4). The summed E-state index contributed by atoms with van der Waals surface area (Å²) in [6.07, 6.45) is 0. The van der Waals surface area contributed by atoms with Crippen molar-refractivity contribution in [2.45, 2.75) is 0 Å². The summed E-state index contributed by atoms with van der Waals surface area (Å²) in [6.45, 7) is 0. The van der Waals surface area contributed by atoms with Gasteiger partial charge < -0.3 is 10.2 Å². The number of carbonyl (C=O) groups is 1. The van der Waals surface area contributed by atoms with Crippen molar-refractivity contribution in [3.8, 4) is 11.5 Å². The van der Waals surface area contributed by atoms with Crippen LogP contribution >= 0.6 is 0 Å². The molecule has 0 radical (unpaired) electrons. The van der Waals surface area contributed by atoms with Crippen molar-refractivity contribution < 1.29 is 32.5 Å². The number of para-hydroxylation sites is 2. The van der Waals surface area contributed by atoms with Crippen LogP contribution in [0.25, 0.3) is 21.8 Å². The molecule has 0 spiro atoms. The minimum Gasteiger partial charge on any atom is -0.506 e. The first-order chi connectivity index (χ1) is 13.6. The van der Waals surface area contributed by atoms with Gasteiger partial charge >= 0.3 is 10.4 Å². The van der Waals surface area contributed by atoms with E-state index in [1.807, 2.05) is 12.1 Å². The zero-order valence-electron chi connectivity index (χ0n) is 14.6. The highest BCUT2D eigenvalue weighted by Crippen LogP contribution is 2.28. The van der Waals surface area contributed by atoms with Crippen LogP contribution in [0.5, 0.6) is 11.5 Å². The number of benzene rings is 2. The molecule has 4 rings (SSSR count). The van der Waals surface area contributed by atoms with Crippen LogP contribution in [0.4, 0.5) is 0 Å². The fraction of sp³-hybridized carbons (Fsp3) is 0. The van der Waals surface area contributed by atoms with Crippen LogP contribution < -0.4 is 0 Å². The topological polar surface area (TPSA) is 158 Å². The highest BCUT2D eigenvalue weighted by molar-refractivity contribution is 7.79. The normalized spacial score (nSPS) is 11.1. The van der Waals surface area contributed by atoms with E-state index in [9.17, 15) is 15.0 Å². The molecular formula is C19H14N2O7S. The van der Waals surface area contributed by atoms with Crippen LogP contribution in [0.2, 0.25) is 0 Å². The van der Waals surface area contributed by atoms with E-state index in [2.05, 4.69) is 9.97 Å². The van der Waals surface area contributed by atoms with Gasteiger partial charge in [0.15, 0.2) is 11.4 Å². The van der Waals surface area contributed by atoms with Gasteiger partial charge in [-0.1, -0.05) is 36.4 Å². The van der Waals surface area contributed by atoms with Crippen molar-refractivity contribution >= 4 is 38.0 Å². The SMILES string of the molecule is O=C(c1nc2ccccc2cc1O)c1nc2ccccc2cc1O.O=S(=O)(O)O. The highest BCUT2D eigenvalue weighted by Gasteiger charge is 2.21. The van der Waals surface area contributed by atoms with Gasteiger partial charge in [-0.15, -0.1) is 0 Å². The van der Waals surface area contributed by atoms with Crippen LogP contribution in [-0.2, 0) is 10.4 Å². The zero-order valence-corrected chi connectivity index (χ0v) is 15.4. The molecule has 0 saturated heterocycles. The number of aromatic hydroxyl groups is 2. The summed E-state index contributed by atoms with van der Waals surface area (Å²) in [7, 11) is -4.67. The second-order valence-corrected chi connectivity index (χ2v) is 6.77. The molecule has 148 valence electrons. The van der Waals surface area contributed by atoms with Gasteiger partial charge in [0, 0.05) is 10.8 Å². The molecule has 29 heavy (non-hydrogen) atoms. The van der Waals surface area contributed by atoms with Gasteiger partial charge in [0.1, 0.15) is 11.5 Å². The molecule has 2 heterocycles. The fourth-order valence-corrected chi connectivity index (χ4v) is 2.66. The van der Waals surface area contributed by atoms with Gasteiger partial charge in [-0.05, 0) is 24.3 Å². The third-order valence-corrected chi connectivity index (χ3v) is 3.84. The molecular weight excluding hydrogens is 400 g/mol. The van der Waals surface area contributed by atoms with E-state index in [-0.39, 0.29) is 22.9 Å². The Bertz CT molecular complexity index is 1240. The number of nitrogens with zero attached hydrogens (tertiary/aromatic N) is 2. The summed E-state index contributed by atoms with van der Waals surface area (Å²) in [5, 5.41) is 21.8. The molecule has 4 aromatic rings. The molecule has 0 aliphatic heterocycles. The van der Waals surface area contributed by atoms with Crippen LogP contribution in [0, 0.1) is 0 Å². The predicted octanol–water partition coefficient (Wildman–Crippen LogP) is 2.77. The molecule has 0 aliphatic rings. The Balaban J connectivity index is 0.000000431. The van der Waals surface area contributed by atoms with Gasteiger partial charge in [0.2, 0.25) is 5.78 Å². The molecule has 2 aromatic carbocycles. The largest absolute Gasteiger partial charge is 0.506 e. The van der Waals surface area contributed by atoms with Crippen molar-refractivity contribution in [1.82, 2.24) is 9.97 Å². The summed E-state index contributed by atoms with van der Waals surface area (Å²) in [4.78, 5) is 21.2. The number of aromatic nitrogens is 2. The maximum Gasteiger partial charge on any atom is 0.394 e. The van der Waals surface area contributed by atoms with E-state index in [0.29, 0.717) is 11.0 Å². The van der Waals surface area contributed by atoms with Crippen molar-refractivity contribution in [1.29, 1.82) is 0 Å². The lowest BCUT2D eigenvalue weighted by molar-refractivity contribution is 0.102. The molecule has 4 N–H and O–H groups in total. The maximum absolute atomic E-state index is 12.7. The van der Waals surface area contributed by atoms with Crippen molar-refractivity contribution in [3.63, 3.8) is 0 Å². The van der Waals surface area contributed by atoms with Crippen LogP contribution in [0.3, 0.4) is 0 Å². The number of ketones is 1. The average molecular weight is 414 g/mol. The smallest absolute Gasteiger partial charge is 0.394 e. The first kappa shape index (κ1) is 20.1. The van der Waals surface area contributed by atoms with Gasteiger partial charge in [-0.2, -0.15) is 8.42 Å². The second kappa shape index (κ2) is 7.80. The number of carbonyl (C=O) groups excluding carboxylic acids is 1. The first-order valence-electron chi connectivity index (χ1n) is 8.05. The molecule has 0 atom stereocenters. The maximum atomic E-state index is 12.7. The van der Waals surface area contributed by atoms with Gasteiger partial charge in [0.25, 0.3) is 0 Å². The second-order valence-electron chi connectivity index (χ2n) is 5.87. The van der Waals surface area contributed by atoms with Crippen LogP contribution in [0.1, 0.15) is 16.2 Å². The van der Waals surface area contributed by atoms with E-state index in [0.717, 1.165) is 10.8 Å². The Labute approximate surface area is 164 Å². The van der Waals surface area contributed by atoms with E-state index >= 15 is 0 Å². The molecule has 0 aliphatic carbocycles. The lowest BCUT2D eigenvalue weighted by Crippen LogP contribution is -2.07. The summed E-state index contributed by atoms with van der Waals surface area (Å²) in [5.74, 6) is -1.11. The quantitative estimate of drug-likeness (QED) is 0.286. The minimum absolute atomic E-state index is 0.133. The van der Waals surface area contributed by atoms with Gasteiger partial charge in [-0.3, -0.25) is 13.9 Å². The molecule has 0 unspecified atom stereocenters. The molecule has 0 bridgehead atoms. The molecule has 0 fully saturated rings. The minimum atomic E-state index is -4.67. The Kier molecular flexibility index (Phi) is 5.41. The summed E-state index contributed by atoms with van der Waals surface area (Å²) in [5.41, 5.74) is 0.899. The number of pyridine rings is 2. The van der Waals surface area contributed by atoms with Crippen LogP contribution in [0.15, 0.2) is 60.7 Å². The summed E-state index contributed by atoms with van der Waals surface area (Å²) in [6, 6.07) is 17.3. The number of fused-ring (bicyclic) bond motifs is 2. The Hall–Kier alpha value is -3.60. The summed E-state index contributed by atoms with van der Waals surface area (Å²) >= 11 is 0. The monoisotopic (exact) mass is 414 g/mol. The third-order valence-electron chi connectivity index (χ3n) is 3.84.